The van der Waals surface area contributed by atoms with E-state index in [1.54, 1.807) is 14.2 Å². The standard InChI is InChI=1S/C16H32N4O2/c1-13(2)14(21)18-9-10-19-15(17-3)20-12-16(6-5-7-16)8-11-22-4/h13H,5-12H2,1-4H3,(H,18,21)(H2,17,19,20). The second-order valence-electron chi connectivity index (χ2n) is 6.39. The van der Waals surface area contributed by atoms with Crippen molar-refractivity contribution in [3.63, 3.8) is 0 Å². The fourth-order valence-electron chi connectivity index (χ4n) is 2.57. The fourth-order valence-corrected chi connectivity index (χ4v) is 2.57. The van der Waals surface area contributed by atoms with E-state index in [0.29, 0.717) is 18.5 Å². The first-order valence-corrected chi connectivity index (χ1v) is 8.24. The van der Waals surface area contributed by atoms with Crippen LogP contribution in [0.4, 0.5) is 0 Å². The minimum absolute atomic E-state index is 0.0247. The van der Waals surface area contributed by atoms with Gasteiger partial charge in [-0.2, -0.15) is 0 Å². The highest BCUT2D eigenvalue weighted by Gasteiger charge is 2.36. The smallest absolute Gasteiger partial charge is 0.222 e. The van der Waals surface area contributed by atoms with Crippen LogP contribution < -0.4 is 16.0 Å². The maximum Gasteiger partial charge on any atom is 0.222 e. The lowest BCUT2D eigenvalue weighted by Crippen LogP contribution is -2.48. The molecule has 22 heavy (non-hydrogen) atoms. The molecule has 1 amide bonds. The molecule has 6 heteroatoms. The number of rotatable bonds is 9. The van der Waals surface area contributed by atoms with E-state index in [2.05, 4.69) is 20.9 Å². The molecule has 1 rings (SSSR count). The van der Waals surface area contributed by atoms with E-state index in [4.69, 9.17) is 4.74 Å². The molecule has 0 aromatic heterocycles. The molecular weight excluding hydrogens is 280 g/mol. The zero-order valence-electron chi connectivity index (χ0n) is 14.5. The topological polar surface area (TPSA) is 74.8 Å². The van der Waals surface area contributed by atoms with Crippen LogP contribution >= 0.6 is 0 Å². The van der Waals surface area contributed by atoms with Crippen LogP contribution in [-0.2, 0) is 9.53 Å². The van der Waals surface area contributed by atoms with Crippen molar-refractivity contribution in [1.29, 1.82) is 0 Å². The lowest BCUT2D eigenvalue weighted by molar-refractivity contribution is -0.123. The molecule has 0 saturated heterocycles. The molecule has 0 atom stereocenters. The Kier molecular flexibility index (Phi) is 8.24. The Morgan fingerprint density at radius 2 is 1.91 bits per heavy atom. The highest BCUT2D eigenvalue weighted by Crippen LogP contribution is 2.43. The first-order chi connectivity index (χ1) is 10.5. The molecule has 128 valence electrons. The van der Waals surface area contributed by atoms with Crippen LogP contribution in [0.1, 0.15) is 39.5 Å². The van der Waals surface area contributed by atoms with Crippen molar-refractivity contribution in [2.75, 3.05) is 40.4 Å². The molecule has 1 aliphatic carbocycles. The maximum absolute atomic E-state index is 11.5. The largest absolute Gasteiger partial charge is 0.385 e. The minimum Gasteiger partial charge on any atom is -0.385 e. The molecule has 1 saturated carbocycles. The Balaban J connectivity index is 2.23. The van der Waals surface area contributed by atoms with Gasteiger partial charge in [0.2, 0.25) is 5.91 Å². The van der Waals surface area contributed by atoms with Crippen LogP contribution in [-0.4, -0.2) is 52.3 Å². The van der Waals surface area contributed by atoms with Gasteiger partial charge in [0.1, 0.15) is 0 Å². The van der Waals surface area contributed by atoms with Crippen LogP contribution in [0.25, 0.3) is 0 Å². The number of guanidine groups is 1. The van der Waals surface area contributed by atoms with Gasteiger partial charge in [-0.15, -0.1) is 0 Å². The van der Waals surface area contributed by atoms with Crippen LogP contribution in [0.5, 0.6) is 0 Å². The summed E-state index contributed by atoms with van der Waals surface area (Å²) in [6, 6.07) is 0. The number of aliphatic imine (C=N–C) groups is 1. The zero-order valence-corrected chi connectivity index (χ0v) is 14.5. The molecule has 0 bridgehead atoms. The first kappa shape index (κ1) is 18.7. The fraction of sp³-hybridized carbons (Fsp3) is 0.875. The summed E-state index contributed by atoms with van der Waals surface area (Å²) in [5.74, 6) is 0.900. The molecular formula is C16H32N4O2. The Morgan fingerprint density at radius 3 is 2.41 bits per heavy atom. The van der Waals surface area contributed by atoms with E-state index in [1.165, 1.54) is 19.3 Å². The molecule has 0 heterocycles. The average molecular weight is 312 g/mol. The molecule has 0 radical (unpaired) electrons. The van der Waals surface area contributed by atoms with E-state index in [9.17, 15) is 4.79 Å². The number of hydrogen-bond donors (Lipinski definition) is 3. The summed E-state index contributed by atoms with van der Waals surface area (Å²) in [5.41, 5.74) is 0.361. The van der Waals surface area contributed by atoms with Gasteiger partial charge < -0.3 is 20.7 Å². The third kappa shape index (κ3) is 6.22. The zero-order chi connectivity index (χ0) is 16.4. The number of carbonyl (C=O) groups excluding carboxylic acids is 1. The summed E-state index contributed by atoms with van der Waals surface area (Å²) in [5, 5.41) is 9.52. The summed E-state index contributed by atoms with van der Waals surface area (Å²) < 4.78 is 5.21. The van der Waals surface area contributed by atoms with Crippen molar-refractivity contribution >= 4 is 11.9 Å². The van der Waals surface area contributed by atoms with Gasteiger partial charge in [0.05, 0.1) is 0 Å². The minimum atomic E-state index is 0.0247. The van der Waals surface area contributed by atoms with E-state index < -0.39 is 0 Å². The molecule has 0 spiro atoms. The maximum atomic E-state index is 11.5. The van der Waals surface area contributed by atoms with Gasteiger partial charge in [-0.25, -0.2) is 0 Å². The molecule has 0 aromatic carbocycles. The molecule has 6 nitrogen and oxygen atoms in total. The summed E-state index contributed by atoms with van der Waals surface area (Å²) in [4.78, 5) is 15.7. The van der Waals surface area contributed by atoms with Gasteiger partial charge in [0.25, 0.3) is 0 Å². The van der Waals surface area contributed by atoms with Crippen molar-refractivity contribution in [2.24, 2.45) is 16.3 Å². The molecule has 0 aliphatic heterocycles. The van der Waals surface area contributed by atoms with E-state index in [0.717, 1.165) is 25.5 Å². The van der Waals surface area contributed by atoms with Crippen molar-refractivity contribution in [2.45, 2.75) is 39.5 Å². The van der Waals surface area contributed by atoms with Crippen molar-refractivity contribution in [3.8, 4) is 0 Å². The van der Waals surface area contributed by atoms with Crippen LogP contribution in [0.15, 0.2) is 4.99 Å². The Bertz CT molecular complexity index is 365. The van der Waals surface area contributed by atoms with Crippen LogP contribution in [0.2, 0.25) is 0 Å². The first-order valence-electron chi connectivity index (χ1n) is 8.24. The predicted molar refractivity (Wildman–Crippen MR) is 90.0 cm³/mol. The van der Waals surface area contributed by atoms with Gasteiger partial charge in [-0.1, -0.05) is 20.3 Å². The van der Waals surface area contributed by atoms with E-state index in [-0.39, 0.29) is 11.8 Å². The number of ether oxygens (including phenoxy) is 1. The number of nitrogens with one attached hydrogen (secondary N) is 3. The van der Waals surface area contributed by atoms with Crippen LogP contribution in [0, 0.1) is 11.3 Å². The number of methoxy groups -OCH3 is 1. The van der Waals surface area contributed by atoms with Crippen molar-refractivity contribution in [3.05, 3.63) is 0 Å². The van der Waals surface area contributed by atoms with Gasteiger partial charge in [0.15, 0.2) is 5.96 Å². The van der Waals surface area contributed by atoms with Gasteiger partial charge in [-0.3, -0.25) is 9.79 Å². The van der Waals surface area contributed by atoms with Gasteiger partial charge in [-0.05, 0) is 24.7 Å². The molecule has 3 N–H and O–H groups in total. The lowest BCUT2D eigenvalue weighted by Gasteiger charge is -2.42. The number of amides is 1. The van der Waals surface area contributed by atoms with Crippen molar-refractivity contribution < 1.29 is 9.53 Å². The molecule has 0 aromatic rings. The lowest BCUT2D eigenvalue weighted by atomic mass is 9.67. The SMILES string of the molecule is CN=C(NCCNC(=O)C(C)C)NCC1(CCOC)CCC1. The Labute approximate surface area is 134 Å². The van der Waals surface area contributed by atoms with E-state index >= 15 is 0 Å². The second kappa shape index (κ2) is 9.66. The second-order valence-corrected chi connectivity index (χ2v) is 6.39. The van der Waals surface area contributed by atoms with Gasteiger partial charge >= 0.3 is 0 Å². The summed E-state index contributed by atoms with van der Waals surface area (Å²) in [6.45, 7) is 6.79. The number of carbonyl (C=O) groups is 1. The normalized spacial score (nSPS) is 17.0. The monoisotopic (exact) mass is 312 g/mol. The van der Waals surface area contributed by atoms with E-state index in [1.807, 2.05) is 13.8 Å². The highest BCUT2D eigenvalue weighted by atomic mass is 16.5. The molecule has 0 unspecified atom stereocenters. The summed E-state index contributed by atoms with van der Waals surface area (Å²) >= 11 is 0. The summed E-state index contributed by atoms with van der Waals surface area (Å²) in [7, 11) is 3.52. The third-order valence-electron chi connectivity index (χ3n) is 4.35. The molecule has 1 fully saturated rings. The number of hydrogen-bond acceptors (Lipinski definition) is 3. The third-order valence-corrected chi connectivity index (χ3v) is 4.35. The van der Waals surface area contributed by atoms with Crippen molar-refractivity contribution in [1.82, 2.24) is 16.0 Å². The van der Waals surface area contributed by atoms with Gasteiger partial charge in [0, 0.05) is 46.3 Å². The molecule has 1 aliphatic rings. The summed E-state index contributed by atoms with van der Waals surface area (Å²) in [6.07, 6.45) is 4.91. The average Bonchev–Trinajstić information content (AvgIpc) is 2.47. The quantitative estimate of drug-likeness (QED) is 0.339. The predicted octanol–water partition coefficient (Wildman–Crippen LogP) is 1.13. The van der Waals surface area contributed by atoms with Crippen LogP contribution in [0.3, 0.4) is 0 Å². The Hall–Kier alpha value is -1.30. The number of nitrogens with zero attached hydrogens (tertiary/aromatic N) is 1. The highest BCUT2D eigenvalue weighted by molar-refractivity contribution is 5.80. The Morgan fingerprint density at radius 1 is 1.23 bits per heavy atom.